The molecule has 228 valence electrons. The second-order valence-corrected chi connectivity index (χ2v) is 11.2. The van der Waals surface area contributed by atoms with Crippen molar-refractivity contribution in [3.05, 3.63) is 76.9 Å². The molecule has 0 bridgehead atoms. The lowest BCUT2D eigenvalue weighted by atomic mass is 10.0. The van der Waals surface area contributed by atoms with Gasteiger partial charge in [-0.1, -0.05) is 35.9 Å². The third-order valence-corrected chi connectivity index (χ3v) is 6.43. The van der Waals surface area contributed by atoms with Gasteiger partial charge in [0.15, 0.2) is 0 Å². The number of methoxy groups -OCH3 is 2. The van der Waals surface area contributed by atoms with Crippen LogP contribution in [0.4, 0.5) is 16.2 Å². The molecule has 3 N–H and O–H groups in total. The highest BCUT2D eigenvalue weighted by molar-refractivity contribution is 6.08. The summed E-state index contributed by atoms with van der Waals surface area (Å²) in [6.07, 6.45) is -0.436. The summed E-state index contributed by atoms with van der Waals surface area (Å²) in [6.45, 7) is 10.9. The Bertz CT molecular complexity index is 1480. The van der Waals surface area contributed by atoms with Gasteiger partial charge in [0.2, 0.25) is 0 Å². The summed E-state index contributed by atoms with van der Waals surface area (Å²) in [5, 5.41) is 8.22. The van der Waals surface area contributed by atoms with E-state index in [4.69, 9.17) is 14.2 Å². The van der Waals surface area contributed by atoms with Crippen molar-refractivity contribution in [2.24, 2.45) is 0 Å². The molecule has 0 aromatic heterocycles. The number of rotatable bonds is 9. The molecule has 0 spiro atoms. The third-order valence-electron chi connectivity index (χ3n) is 6.43. The van der Waals surface area contributed by atoms with Gasteiger partial charge in [-0.25, -0.2) is 9.59 Å². The Morgan fingerprint density at radius 3 is 1.98 bits per heavy atom. The smallest absolute Gasteiger partial charge is 0.328 e. The lowest BCUT2D eigenvalue weighted by molar-refractivity contribution is -0.158. The van der Waals surface area contributed by atoms with Crippen molar-refractivity contribution in [2.75, 3.05) is 24.9 Å². The number of amides is 3. The Hall–Kier alpha value is -4.86. The number of hydrogen-bond acceptors (Lipinski definition) is 7. The molecule has 0 fully saturated rings. The number of urea groups is 1. The molecule has 0 radical (unpaired) electrons. The van der Waals surface area contributed by atoms with Gasteiger partial charge in [-0.15, -0.1) is 0 Å². The molecular weight excluding hydrogens is 550 g/mol. The first-order valence-corrected chi connectivity index (χ1v) is 13.8. The minimum atomic E-state index is -1.31. The highest BCUT2D eigenvalue weighted by Crippen LogP contribution is 2.29. The third kappa shape index (κ3) is 9.06. The van der Waals surface area contributed by atoms with E-state index in [2.05, 4.69) is 16.0 Å². The molecule has 10 nitrogen and oxygen atoms in total. The molecule has 0 aliphatic carbocycles. The molecule has 0 heterocycles. The van der Waals surface area contributed by atoms with Gasteiger partial charge in [-0.2, -0.15) is 0 Å². The molecule has 0 saturated carbocycles. The number of hydrogen-bond donors (Lipinski definition) is 3. The molecule has 10 heteroatoms. The molecule has 0 saturated heterocycles. The zero-order valence-corrected chi connectivity index (χ0v) is 25.8. The summed E-state index contributed by atoms with van der Waals surface area (Å²) in [5.41, 5.74) is 4.52. The lowest BCUT2D eigenvalue weighted by Crippen LogP contribution is -2.44. The maximum atomic E-state index is 13.5. The van der Waals surface area contributed by atoms with Crippen molar-refractivity contribution in [2.45, 2.75) is 59.6 Å². The van der Waals surface area contributed by atoms with E-state index in [0.29, 0.717) is 11.4 Å². The number of anilines is 2. The molecule has 3 rings (SSSR count). The van der Waals surface area contributed by atoms with Crippen LogP contribution in [0.5, 0.6) is 5.75 Å². The van der Waals surface area contributed by atoms with Crippen LogP contribution in [0.2, 0.25) is 0 Å². The van der Waals surface area contributed by atoms with Crippen LogP contribution < -0.4 is 20.7 Å². The van der Waals surface area contributed by atoms with Crippen molar-refractivity contribution in [1.82, 2.24) is 5.32 Å². The minimum Gasteiger partial charge on any atom is -0.497 e. The molecule has 0 aliphatic heterocycles. The number of esters is 2. The Morgan fingerprint density at radius 1 is 0.814 bits per heavy atom. The van der Waals surface area contributed by atoms with Gasteiger partial charge < -0.3 is 30.2 Å². The summed E-state index contributed by atoms with van der Waals surface area (Å²) in [6, 6.07) is 14.3. The summed E-state index contributed by atoms with van der Waals surface area (Å²) in [5.74, 6) is -1.51. The van der Waals surface area contributed by atoms with E-state index < -0.39 is 41.9 Å². The molecular formula is C33H39N3O7. The molecule has 3 aromatic rings. The Balaban J connectivity index is 1.95. The summed E-state index contributed by atoms with van der Waals surface area (Å²) in [7, 11) is 2.73. The van der Waals surface area contributed by atoms with E-state index in [9.17, 15) is 19.2 Å². The first-order valence-electron chi connectivity index (χ1n) is 13.8. The average molecular weight is 590 g/mol. The second-order valence-electron chi connectivity index (χ2n) is 11.2. The highest BCUT2D eigenvalue weighted by atomic mass is 16.6. The summed E-state index contributed by atoms with van der Waals surface area (Å²) < 4.78 is 15.4. The van der Waals surface area contributed by atoms with Gasteiger partial charge in [0.25, 0.3) is 5.91 Å². The van der Waals surface area contributed by atoms with E-state index in [1.165, 1.54) is 6.07 Å². The number of carbonyl (C=O) groups excluding carboxylic acids is 4. The Kier molecular flexibility index (Phi) is 10.5. The minimum absolute atomic E-state index is 0.0721. The maximum Gasteiger partial charge on any atom is 0.328 e. The van der Waals surface area contributed by atoms with Crippen molar-refractivity contribution < 1.29 is 33.4 Å². The summed E-state index contributed by atoms with van der Waals surface area (Å²) >= 11 is 0. The van der Waals surface area contributed by atoms with Gasteiger partial charge in [0, 0.05) is 5.69 Å². The Labute approximate surface area is 252 Å². The van der Waals surface area contributed by atoms with Crippen molar-refractivity contribution in [1.29, 1.82) is 0 Å². The highest BCUT2D eigenvalue weighted by Gasteiger charge is 2.29. The molecule has 0 aliphatic rings. The van der Waals surface area contributed by atoms with Crippen LogP contribution in [0.15, 0.2) is 54.6 Å². The zero-order chi connectivity index (χ0) is 31.9. The van der Waals surface area contributed by atoms with E-state index in [0.717, 1.165) is 34.9 Å². The number of carbonyl (C=O) groups is 4. The van der Waals surface area contributed by atoms with Gasteiger partial charge in [0.05, 0.1) is 31.9 Å². The normalized spacial score (nSPS) is 11.6. The number of aryl methyl sites for hydroxylation is 3. The SMILES string of the molecule is COC(=O)[C@H](CC(=O)OC(C)(C)C)NC(=O)c1ccc(-c2ccc(OC)cc2)cc1NC(=O)Nc1c(C)cc(C)cc1C. The number of nitrogens with one attached hydrogen (secondary N) is 3. The van der Waals surface area contributed by atoms with Crippen molar-refractivity contribution >= 4 is 35.3 Å². The fourth-order valence-corrected chi connectivity index (χ4v) is 4.57. The first-order chi connectivity index (χ1) is 20.2. The van der Waals surface area contributed by atoms with Gasteiger partial charge in [0.1, 0.15) is 17.4 Å². The van der Waals surface area contributed by atoms with Crippen molar-refractivity contribution in [3.8, 4) is 16.9 Å². The molecule has 1 atom stereocenters. The number of ether oxygens (including phenoxy) is 3. The van der Waals surface area contributed by atoms with E-state index in [1.807, 2.05) is 45.0 Å². The van der Waals surface area contributed by atoms with Crippen molar-refractivity contribution in [3.63, 3.8) is 0 Å². The van der Waals surface area contributed by atoms with E-state index >= 15 is 0 Å². The average Bonchev–Trinajstić information content (AvgIpc) is 2.93. The lowest BCUT2D eigenvalue weighted by Gasteiger charge is -2.22. The maximum absolute atomic E-state index is 13.5. The molecule has 43 heavy (non-hydrogen) atoms. The van der Waals surface area contributed by atoms with Crippen LogP contribution in [0, 0.1) is 20.8 Å². The van der Waals surface area contributed by atoms with E-state index in [1.54, 1.807) is 52.1 Å². The molecule has 3 amide bonds. The summed E-state index contributed by atoms with van der Waals surface area (Å²) in [4.78, 5) is 51.7. The largest absolute Gasteiger partial charge is 0.497 e. The topological polar surface area (TPSA) is 132 Å². The predicted molar refractivity (Wildman–Crippen MR) is 165 cm³/mol. The van der Waals surface area contributed by atoms with Gasteiger partial charge in [-0.3, -0.25) is 9.59 Å². The van der Waals surface area contributed by atoms with Gasteiger partial charge >= 0.3 is 18.0 Å². The second kappa shape index (κ2) is 13.9. The van der Waals surface area contributed by atoms with Gasteiger partial charge in [-0.05, 0) is 88.1 Å². The molecule has 3 aromatic carbocycles. The Morgan fingerprint density at radius 2 is 1.42 bits per heavy atom. The number of benzene rings is 3. The van der Waals surface area contributed by atoms with E-state index in [-0.39, 0.29) is 11.3 Å². The standard InChI is InChI=1S/C33H39N3O7/c1-19-15-20(2)29(21(3)16-19)36-32(40)35-26-17-23(22-9-12-24(41-7)13-10-22)11-14-25(26)30(38)34-27(31(39)42-8)18-28(37)43-33(4,5)6/h9-17,27H,18H2,1-8H3,(H,34,38)(H2,35,36,40)/t27-/m0/s1. The van der Waals surface area contributed by atoms with Crippen LogP contribution in [0.25, 0.3) is 11.1 Å². The van der Waals surface area contributed by atoms with Crippen LogP contribution in [-0.4, -0.2) is 49.7 Å². The van der Waals surface area contributed by atoms with Crippen LogP contribution in [-0.2, 0) is 19.1 Å². The van der Waals surface area contributed by atoms with Crippen LogP contribution in [0.1, 0.15) is 54.2 Å². The molecule has 0 unspecified atom stereocenters. The van der Waals surface area contributed by atoms with Crippen LogP contribution >= 0.6 is 0 Å². The first kappa shape index (κ1) is 32.7. The fraction of sp³-hybridized carbons (Fsp3) is 0.333. The van der Waals surface area contributed by atoms with Crippen LogP contribution in [0.3, 0.4) is 0 Å². The fourth-order valence-electron chi connectivity index (χ4n) is 4.57. The zero-order valence-electron chi connectivity index (χ0n) is 25.8. The predicted octanol–water partition coefficient (Wildman–Crippen LogP) is 5.93. The quantitative estimate of drug-likeness (QED) is 0.263. The monoisotopic (exact) mass is 589 g/mol.